The van der Waals surface area contributed by atoms with Crippen LogP contribution in [-0.4, -0.2) is 54.7 Å². The standard InChI is InChI=1S/C22H43N2/c1-7-17-18-11-12-19(20(17)13-23(8-2)9-3)22-15-24(10-4,16(5)6)14-21(18)22/h16-22H,7-15H2,1-6H3/q+1. The first kappa shape index (κ1) is 18.7. The van der Waals surface area contributed by atoms with Crippen molar-refractivity contribution >= 4 is 0 Å². The molecule has 0 aromatic carbocycles. The lowest BCUT2D eigenvalue weighted by molar-refractivity contribution is -0.937. The predicted molar refractivity (Wildman–Crippen MR) is 104 cm³/mol. The molecular weight excluding hydrogens is 292 g/mol. The maximum absolute atomic E-state index is 2.71. The number of fused-ring (bicyclic) bond motifs is 2. The van der Waals surface area contributed by atoms with Gasteiger partial charge in [-0.1, -0.05) is 27.2 Å². The van der Waals surface area contributed by atoms with Gasteiger partial charge in [-0.05, 0) is 70.4 Å². The van der Waals surface area contributed by atoms with Crippen LogP contribution >= 0.6 is 0 Å². The van der Waals surface area contributed by atoms with Gasteiger partial charge in [-0.2, -0.15) is 0 Å². The lowest BCUT2D eigenvalue weighted by Crippen LogP contribution is -2.53. The maximum atomic E-state index is 2.71. The Labute approximate surface area is 151 Å². The van der Waals surface area contributed by atoms with E-state index in [-0.39, 0.29) is 0 Å². The van der Waals surface area contributed by atoms with E-state index in [1.54, 1.807) is 6.42 Å². The van der Waals surface area contributed by atoms with Crippen molar-refractivity contribution in [2.75, 3.05) is 39.3 Å². The fraction of sp³-hybridized carbons (Fsp3) is 1.00. The molecule has 0 aromatic rings. The Morgan fingerprint density at radius 3 is 1.79 bits per heavy atom. The third kappa shape index (κ3) is 2.86. The van der Waals surface area contributed by atoms with Crippen molar-refractivity contribution in [1.82, 2.24) is 4.90 Å². The van der Waals surface area contributed by atoms with Crippen molar-refractivity contribution in [1.29, 1.82) is 0 Å². The summed E-state index contributed by atoms with van der Waals surface area (Å²) in [5, 5.41) is 0. The molecule has 4 rings (SSSR count). The van der Waals surface area contributed by atoms with Gasteiger partial charge < -0.3 is 9.38 Å². The Morgan fingerprint density at radius 2 is 1.38 bits per heavy atom. The molecule has 0 spiro atoms. The van der Waals surface area contributed by atoms with Crippen LogP contribution in [0.5, 0.6) is 0 Å². The van der Waals surface area contributed by atoms with Crippen LogP contribution in [0.3, 0.4) is 0 Å². The van der Waals surface area contributed by atoms with E-state index in [4.69, 9.17) is 0 Å². The lowest BCUT2D eigenvalue weighted by Gasteiger charge is -2.54. The van der Waals surface area contributed by atoms with E-state index in [1.165, 1.54) is 56.6 Å². The van der Waals surface area contributed by atoms with Crippen molar-refractivity contribution in [3.05, 3.63) is 0 Å². The Hall–Kier alpha value is -0.0800. The zero-order valence-corrected chi connectivity index (χ0v) is 17.3. The summed E-state index contributed by atoms with van der Waals surface area (Å²) in [5.41, 5.74) is 0. The van der Waals surface area contributed by atoms with Crippen LogP contribution < -0.4 is 0 Å². The van der Waals surface area contributed by atoms with Crippen LogP contribution in [-0.2, 0) is 0 Å². The van der Waals surface area contributed by atoms with Crippen LogP contribution in [0.15, 0.2) is 0 Å². The molecule has 0 radical (unpaired) electrons. The molecule has 0 amide bonds. The normalized spacial score (nSPS) is 44.5. The van der Waals surface area contributed by atoms with E-state index in [0.717, 1.165) is 41.5 Å². The highest BCUT2D eigenvalue weighted by Gasteiger charge is 2.60. The average molecular weight is 336 g/mol. The molecule has 3 saturated carbocycles. The largest absolute Gasteiger partial charge is 0.321 e. The van der Waals surface area contributed by atoms with Crippen LogP contribution in [0, 0.1) is 35.5 Å². The molecule has 7 atom stereocenters. The summed E-state index contributed by atoms with van der Waals surface area (Å²) in [6.07, 6.45) is 4.50. The van der Waals surface area contributed by atoms with Gasteiger partial charge in [0.25, 0.3) is 0 Å². The number of rotatable bonds is 7. The molecule has 4 fully saturated rings. The Balaban J connectivity index is 1.85. The van der Waals surface area contributed by atoms with Crippen LogP contribution in [0.25, 0.3) is 0 Å². The lowest BCUT2D eigenvalue weighted by atomic mass is 9.50. The fourth-order valence-electron chi connectivity index (χ4n) is 7.30. The van der Waals surface area contributed by atoms with Gasteiger partial charge in [0, 0.05) is 18.4 Å². The van der Waals surface area contributed by atoms with Gasteiger partial charge in [0.15, 0.2) is 0 Å². The zero-order valence-electron chi connectivity index (χ0n) is 17.3. The second-order valence-corrected chi connectivity index (χ2v) is 9.45. The van der Waals surface area contributed by atoms with Crippen molar-refractivity contribution < 1.29 is 4.48 Å². The molecule has 3 aliphatic carbocycles. The smallest absolute Gasteiger partial charge is 0.0833 e. The quantitative estimate of drug-likeness (QED) is 0.619. The van der Waals surface area contributed by atoms with Crippen molar-refractivity contribution in [2.45, 2.75) is 66.8 Å². The van der Waals surface area contributed by atoms with Crippen molar-refractivity contribution in [2.24, 2.45) is 35.5 Å². The molecule has 2 nitrogen and oxygen atoms in total. The van der Waals surface area contributed by atoms with E-state index >= 15 is 0 Å². The van der Waals surface area contributed by atoms with Crippen LogP contribution in [0.4, 0.5) is 0 Å². The molecule has 4 aliphatic rings. The first-order valence-corrected chi connectivity index (χ1v) is 11.1. The summed E-state index contributed by atoms with van der Waals surface area (Å²) in [5.74, 6) is 6.14. The topological polar surface area (TPSA) is 3.24 Å². The zero-order chi connectivity index (χ0) is 17.5. The fourth-order valence-corrected chi connectivity index (χ4v) is 7.30. The first-order valence-electron chi connectivity index (χ1n) is 11.1. The number of nitrogens with zero attached hydrogens (tertiary/aromatic N) is 2. The molecule has 2 heteroatoms. The molecule has 2 bridgehead atoms. The number of hydrogen-bond acceptors (Lipinski definition) is 1. The summed E-state index contributed by atoms with van der Waals surface area (Å²) < 4.78 is 1.41. The summed E-state index contributed by atoms with van der Waals surface area (Å²) in [4.78, 5) is 2.71. The molecule has 1 aliphatic heterocycles. The molecule has 24 heavy (non-hydrogen) atoms. The van der Waals surface area contributed by atoms with E-state index in [0.29, 0.717) is 0 Å². The van der Waals surface area contributed by atoms with Crippen LogP contribution in [0.2, 0.25) is 0 Å². The van der Waals surface area contributed by atoms with E-state index in [1.807, 2.05) is 0 Å². The molecule has 1 heterocycles. The Bertz CT molecular complexity index is 416. The number of quaternary nitrogens is 1. The van der Waals surface area contributed by atoms with Gasteiger partial charge in [0.1, 0.15) is 0 Å². The molecule has 140 valence electrons. The summed E-state index contributed by atoms with van der Waals surface area (Å²) >= 11 is 0. The van der Waals surface area contributed by atoms with Crippen molar-refractivity contribution in [3.63, 3.8) is 0 Å². The highest BCUT2D eigenvalue weighted by molar-refractivity contribution is 5.03. The van der Waals surface area contributed by atoms with Gasteiger partial charge >= 0.3 is 0 Å². The number of likely N-dealkylation sites (tertiary alicyclic amines) is 1. The molecule has 7 unspecified atom stereocenters. The minimum atomic E-state index is 0.807. The van der Waals surface area contributed by atoms with Gasteiger partial charge in [0.05, 0.1) is 25.7 Å². The Kier molecular flexibility index (Phi) is 5.67. The van der Waals surface area contributed by atoms with Gasteiger partial charge in [-0.25, -0.2) is 0 Å². The van der Waals surface area contributed by atoms with E-state index < -0.39 is 0 Å². The maximum Gasteiger partial charge on any atom is 0.0833 e. The highest BCUT2D eigenvalue weighted by Crippen LogP contribution is 2.59. The van der Waals surface area contributed by atoms with Gasteiger partial charge in [0.2, 0.25) is 0 Å². The number of hydrogen-bond donors (Lipinski definition) is 0. The molecular formula is C22H43N2+. The molecule has 1 saturated heterocycles. The third-order valence-corrected chi connectivity index (χ3v) is 8.84. The van der Waals surface area contributed by atoms with Crippen molar-refractivity contribution in [3.8, 4) is 0 Å². The van der Waals surface area contributed by atoms with E-state index in [9.17, 15) is 0 Å². The minimum Gasteiger partial charge on any atom is -0.321 e. The summed E-state index contributed by atoms with van der Waals surface area (Å²) in [7, 11) is 0. The van der Waals surface area contributed by atoms with Crippen LogP contribution in [0.1, 0.15) is 60.8 Å². The molecule has 0 aromatic heterocycles. The third-order valence-electron chi connectivity index (χ3n) is 8.84. The first-order chi connectivity index (χ1) is 11.5. The SMILES string of the molecule is CCC1C2CCC(C1CN(CC)CC)C1C[N+](CC)(C(C)C)CC21. The summed E-state index contributed by atoms with van der Waals surface area (Å²) in [6, 6.07) is 0.807. The van der Waals surface area contributed by atoms with Gasteiger partial charge in [-0.3, -0.25) is 0 Å². The second kappa shape index (κ2) is 7.27. The molecule has 0 N–H and O–H groups in total. The predicted octanol–water partition coefficient (Wildman–Crippen LogP) is 4.50. The average Bonchev–Trinajstić information content (AvgIpc) is 3.02. The monoisotopic (exact) mass is 335 g/mol. The Morgan fingerprint density at radius 1 is 0.833 bits per heavy atom. The second-order valence-electron chi connectivity index (χ2n) is 9.45. The minimum absolute atomic E-state index is 0.807. The summed E-state index contributed by atoms with van der Waals surface area (Å²) in [6.45, 7) is 22.8. The van der Waals surface area contributed by atoms with Gasteiger partial charge in [-0.15, -0.1) is 0 Å². The highest BCUT2D eigenvalue weighted by atomic mass is 15.4. The van der Waals surface area contributed by atoms with E-state index in [2.05, 4.69) is 46.4 Å².